The number of nitrogens with zero attached hydrogens (tertiary/aromatic N) is 3. The fraction of sp³-hybridized carbons (Fsp3) is 0.333. The van der Waals surface area contributed by atoms with Gasteiger partial charge in [0.15, 0.2) is 0 Å². The maximum Gasteiger partial charge on any atom is 0.0815 e. The van der Waals surface area contributed by atoms with E-state index in [4.69, 9.17) is 0 Å². The largest absolute Gasteiger partial charge is 0.309 e. The van der Waals surface area contributed by atoms with E-state index in [0.29, 0.717) is 0 Å². The van der Waals surface area contributed by atoms with Crippen molar-refractivity contribution >= 4 is 17.1 Å². The minimum atomic E-state index is 0.854. The van der Waals surface area contributed by atoms with E-state index in [0.717, 1.165) is 30.7 Å². The third kappa shape index (κ3) is 3.64. The van der Waals surface area contributed by atoms with Crippen LogP contribution in [0.2, 0.25) is 0 Å². The first-order valence-electron chi connectivity index (χ1n) is 6.26. The molecule has 1 aromatic heterocycles. The molecule has 2 aromatic rings. The van der Waals surface area contributed by atoms with Gasteiger partial charge < -0.3 is 4.90 Å². The Balaban J connectivity index is 1.97. The summed E-state index contributed by atoms with van der Waals surface area (Å²) in [6, 6.07) is 12.2. The van der Waals surface area contributed by atoms with Gasteiger partial charge in [-0.2, -0.15) is 0 Å². The first-order valence-corrected chi connectivity index (χ1v) is 6.26. The van der Waals surface area contributed by atoms with Gasteiger partial charge in [0.1, 0.15) is 0 Å². The maximum atomic E-state index is 4.55. The molecule has 3 nitrogen and oxygen atoms in total. The lowest BCUT2D eigenvalue weighted by Gasteiger charge is -2.06. The second kappa shape index (κ2) is 6.26. The quantitative estimate of drug-likeness (QED) is 0.594. The number of hydrogen-bond acceptors (Lipinski definition) is 3. The van der Waals surface area contributed by atoms with Crippen LogP contribution in [-0.2, 0) is 0 Å². The summed E-state index contributed by atoms with van der Waals surface area (Å²) in [5, 5.41) is 1.17. The van der Waals surface area contributed by atoms with Gasteiger partial charge >= 0.3 is 0 Å². The number of aliphatic imine (C=N–C) groups is 1. The van der Waals surface area contributed by atoms with Crippen molar-refractivity contribution in [2.24, 2.45) is 4.99 Å². The van der Waals surface area contributed by atoms with Gasteiger partial charge in [-0.15, -0.1) is 0 Å². The smallest absolute Gasteiger partial charge is 0.0815 e. The van der Waals surface area contributed by atoms with Crippen LogP contribution in [-0.4, -0.2) is 43.3 Å². The normalized spacial score (nSPS) is 11.7. The van der Waals surface area contributed by atoms with E-state index in [1.54, 1.807) is 0 Å². The van der Waals surface area contributed by atoms with Gasteiger partial charge in [-0.05, 0) is 39.2 Å². The molecule has 0 amide bonds. The molecule has 0 unspecified atom stereocenters. The van der Waals surface area contributed by atoms with Crippen LogP contribution in [0.15, 0.2) is 41.4 Å². The lowest BCUT2D eigenvalue weighted by molar-refractivity contribution is 0.403. The van der Waals surface area contributed by atoms with E-state index in [9.17, 15) is 0 Å². The van der Waals surface area contributed by atoms with Crippen molar-refractivity contribution in [1.29, 1.82) is 0 Å². The first kappa shape index (κ1) is 12.7. The molecule has 2 rings (SSSR count). The Morgan fingerprint density at radius 1 is 1.17 bits per heavy atom. The van der Waals surface area contributed by atoms with Crippen LogP contribution >= 0.6 is 0 Å². The van der Waals surface area contributed by atoms with Crippen molar-refractivity contribution in [2.75, 3.05) is 27.2 Å². The minimum Gasteiger partial charge on any atom is -0.309 e. The third-order valence-electron chi connectivity index (χ3n) is 2.74. The van der Waals surface area contributed by atoms with Gasteiger partial charge in [-0.3, -0.25) is 4.99 Å². The van der Waals surface area contributed by atoms with Gasteiger partial charge in [0.2, 0.25) is 0 Å². The first-order chi connectivity index (χ1) is 8.75. The van der Waals surface area contributed by atoms with Crippen molar-refractivity contribution in [3.63, 3.8) is 0 Å². The topological polar surface area (TPSA) is 28.5 Å². The Morgan fingerprint density at radius 2 is 2.00 bits per heavy atom. The highest BCUT2D eigenvalue weighted by Gasteiger charge is 1.94. The zero-order valence-corrected chi connectivity index (χ0v) is 11.0. The highest BCUT2D eigenvalue weighted by Crippen LogP contribution is 2.10. The van der Waals surface area contributed by atoms with E-state index in [2.05, 4.69) is 41.1 Å². The Bertz CT molecular complexity index is 532. The summed E-state index contributed by atoms with van der Waals surface area (Å²) in [5.74, 6) is 0. The van der Waals surface area contributed by atoms with Gasteiger partial charge in [0, 0.05) is 18.1 Å². The molecule has 94 valence electrons. The van der Waals surface area contributed by atoms with Crippen molar-refractivity contribution in [1.82, 2.24) is 9.88 Å². The Hall–Kier alpha value is -1.74. The zero-order valence-electron chi connectivity index (χ0n) is 11.0. The summed E-state index contributed by atoms with van der Waals surface area (Å²) >= 11 is 0. The molecular weight excluding hydrogens is 222 g/mol. The lowest BCUT2D eigenvalue weighted by atomic mass is 10.2. The number of fused-ring (bicyclic) bond motifs is 1. The van der Waals surface area contributed by atoms with Crippen molar-refractivity contribution < 1.29 is 0 Å². The predicted octanol–water partition coefficient (Wildman–Crippen LogP) is 2.61. The summed E-state index contributed by atoms with van der Waals surface area (Å²) < 4.78 is 0. The molecule has 0 aliphatic rings. The van der Waals surface area contributed by atoms with Gasteiger partial charge in [-0.25, -0.2) is 4.98 Å². The van der Waals surface area contributed by atoms with Crippen molar-refractivity contribution in [2.45, 2.75) is 6.42 Å². The molecule has 0 saturated carbocycles. The van der Waals surface area contributed by atoms with Crippen LogP contribution in [0.3, 0.4) is 0 Å². The SMILES string of the molecule is CN(C)CCCN=Cc1ccc2ccccc2n1. The maximum absolute atomic E-state index is 4.55. The molecule has 0 spiro atoms. The molecule has 3 heteroatoms. The number of pyridine rings is 1. The Labute approximate surface area is 108 Å². The summed E-state index contributed by atoms with van der Waals surface area (Å²) in [6.45, 7) is 1.93. The molecule has 1 heterocycles. The average Bonchev–Trinajstić information content (AvgIpc) is 2.38. The van der Waals surface area contributed by atoms with Crippen LogP contribution in [0.25, 0.3) is 10.9 Å². The molecule has 0 saturated heterocycles. The molecule has 0 atom stereocenters. The molecule has 0 fully saturated rings. The number of para-hydroxylation sites is 1. The molecule has 0 aliphatic carbocycles. The number of benzene rings is 1. The zero-order chi connectivity index (χ0) is 12.8. The van der Waals surface area contributed by atoms with Crippen molar-refractivity contribution in [3.05, 3.63) is 42.1 Å². The Morgan fingerprint density at radius 3 is 2.83 bits per heavy atom. The molecule has 0 radical (unpaired) electrons. The number of rotatable bonds is 5. The molecule has 18 heavy (non-hydrogen) atoms. The third-order valence-corrected chi connectivity index (χ3v) is 2.74. The molecule has 0 bridgehead atoms. The standard InChI is InChI=1S/C15H19N3/c1-18(2)11-5-10-16-12-14-9-8-13-6-3-4-7-15(13)17-14/h3-4,6-9,12H,5,10-11H2,1-2H3. The van der Waals surface area contributed by atoms with Crippen LogP contribution < -0.4 is 0 Å². The van der Waals surface area contributed by atoms with Crippen LogP contribution in [0, 0.1) is 0 Å². The summed E-state index contributed by atoms with van der Waals surface area (Å²) in [4.78, 5) is 11.1. The molecule has 1 aromatic carbocycles. The fourth-order valence-corrected chi connectivity index (χ4v) is 1.79. The minimum absolute atomic E-state index is 0.854. The summed E-state index contributed by atoms with van der Waals surface area (Å²) in [6.07, 6.45) is 2.94. The van der Waals surface area contributed by atoms with Crippen molar-refractivity contribution in [3.8, 4) is 0 Å². The monoisotopic (exact) mass is 241 g/mol. The number of aromatic nitrogens is 1. The van der Waals surface area contributed by atoms with E-state index < -0.39 is 0 Å². The van der Waals surface area contributed by atoms with E-state index in [-0.39, 0.29) is 0 Å². The molecule has 0 N–H and O–H groups in total. The highest BCUT2D eigenvalue weighted by atomic mass is 15.0. The lowest BCUT2D eigenvalue weighted by Crippen LogP contribution is -2.13. The second-order valence-electron chi connectivity index (χ2n) is 4.62. The second-order valence-corrected chi connectivity index (χ2v) is 4.62. The number of hydrogen-bond donors (Lipinski definition) is 0. The van der Waals surface area contributed by atoms with Crippen LogP contribution in [0.4, 0.5) is 0 Å². The summed E-state index contributed by atoms with van der Waals surface area (Å²) in [7, 11) is 4.16. The van der Waals surface area contributed by atoms with E-state index >= 15 is 0 Å². The van der Waals surface area contributed by atoms with E-state index in [1.807, 2.05) is 30.5 Å². The van der Waals surface area contributed by atoms with E-state index in [1.165, 1.54) is 5.39 Å². The van der Waals surface area contributed by atoms with Gasteiger partial charge in [0.25, 0.3) is 0 Å². The average molecular weight is 241 g/mol. The fourth-order valence-electron chi connectivity index (χ4n) is 1.79. The predicted molar refractivity (Wildman–Crippen MR) is 77.4 cm³/mol. The summed E-state index contributed by atoms with van der Waals surface area (Å²) in [5.41, 5.74) is 1.95. The van der Waals surface area contributed by atoms with Gasteiger partial charge in [0.05, 0.1) is 11.2 Å². The highest BCUT2D eigenvalue weighted by molar-refractivity contribution is 5.84. The van der Waals surface area contributed by atoms with Crippen LogP contribution in [0.1, 0.15) is 12.1 Å². The molecular formula is C15H19N3. The van der Waals surface area contributed by atoms with Gasteiger partial charge in [-0.1, -0.05) is 24.3 Å². The molecule has 0 aliphatic heterocycles. The van der Waals surface area contributed by atoms with Crippen LogP contribution in [0.5, 0.6) is 0 Å². The Kier molecular flexibility index (Phi) is 4.42.